The molecule has 0 aliphatic rings. The van der Waals surface area contributed by atoms with Crippen LogP contribution in [0.2, 0.25) is 0 Å². The van der Waals surface area contributed by atoms with Crippen LogP contribution < -0.4 is 0 Å². The first kappa shape index (κ1) is 15.4. The zero-order valence-electron chi connectivity index (χ0n) is 13.5. The van der Waals surface area contributed by atoms with Gasteiger partial charge in [0.05, 0.1) is 11.3 Å². The number of aliphatic hydroxyl groups is 1. The SMILES string of the molecule is CC(C)(O)CCn1ccnc1-c1ccc(-c2ccccn2)cc1. The molecule has 0 bridgehead atoms. The van der Waals surface area contributed by atoms with Gasteiger partial charge in [0.1, 0.15) is 5.82 Å². The van der Waals surface area contributed by atoms with Crippen molar-refractivity contribution in [2.75, 3.05) is 0 Å². The molecule has 0 atom stereocenters. The van der Waals surface area contributed by atoms with Crippen molar-refractivity contribution >= 4 is 0 Å². The molecule has 0 spiro atoms. The van der Waals surface area contributed by atoms with Crippen LogP contribution in [-0.2, 0) is 6.54 Å². The van der Waals surface area contributed by atoms with Crippen LogP contribution in [0.3, 0.4) is 0 Å². The third-order valence-electron chi connectivity index (χ3n) is 3.78. The lowest BCUT2D eigenvalue weighted by Crippen LogP contribution is -2.21. The molecule has 0 amide bonds. The van der Waals surface area contributed by atoms with Gasteiger partial charge in [0, 0.05) is 36.3 Å². The van der Waals surface area contributed by atoms with Crippen LogP contribution in [0.15, 0.2) is 61.1 Å². The fourth-order valence-electron chi connectivity index (χ4n) is 2.47. The molecule has 2 aromatic heterocycles. The Bertz CT molecular complexity index is 755. The van der Waals surface area contributed by atoms with E-state index in [2.05, 4.69) is 38.8 Å². The van der Waals surface area contributed by atoms with E-state index in [-0.39, 0.29) is 0 Å². The second kappa shape index (κ2) is 6.34. The average Bonchev–Trinajstić information content (AvgIpc) is 3.02. The molecule has 4 heteroatoms. The molecule has 4 nitrogen and oxygen atoms in total. The van der Waals surface area contributed by atoms with Gasteiger partial charge in [-0.25, -0.2) is 4.98 Å². The Morgan fingerprint density at radius 2 is 1.70 bits per heavy atom. The van der Waals surface area contributed by atoms with E-state index < -0.39 is 5.60 Å². The largest absolute Gasteiger partial charge is 0.390 e. The van der Waals surface area contributed by atoms with Gasteiger partial charge < -0.3 is 9.67 Å². The number of nitrogens with zero attached hydrogens (tertiary/aromatic N) is 3. The molecule has 0 aliphatic carbocycles. The normalized spacial score (nSPS) is 11.6. The van der Waals surface area contributed by atoms with Gasteiger partial charge >= 0.3 is 0 Å². The number of hydrogen-bond donors (Lipinski definition) is 1. The van der Waals surface area contributed by atoms with Gasteiger partial charge in [0.2, 0.25) is 0 Å². The van der Waals surface area contributed by atoms with E-state index in [9.17, 15) is 5.11 Å². The summed E-state index contributed by atoms with van der Waals surface area (Å²) in [6.45, 7) is 4.39. The van der Waals surface area contributed by atoms with Gasteiger partial charge in [-0.2, -0.15) is 0 Å². The molecule has 23 heavy (non-hydrogen) atoms. The number of hydrogen-bond acceptors (Lipinski definition) is 3. The van der Waals surface area contributed by atoms with Gasteiger partial charge in [-0.05, 0) is 32.4 Å². The summed E-state index contributed by atoms with van der Waals surface area (Å²) in [5, 5.41) is 9.90. The van der Waals surface area contributed by atoms with Crippen molar-refractivity contribution in [3.63, 3.8) is 0 Å². The molecule has 0 saturated carbocycles. The van der Waals surface area contributed by atoms with Gasteiger partial charge in [-0.15, -0.1) is 0 Å². The van der Waals surface area contributed by atoms with Crippen molar-refractivity contribution in [2.45, 2.75) is 32.4 Å². The molecule has 1 N–H and O–H groups in total. The number of aromatic nitrogens is 3. The van der Waals surface area contributed by atoms with Crippen molar-refractivity contribution in [1.29, 1.82) is 0 Å². The first-order chi connectivity index (χ1) is 11.0. The molecule has 2 heterocycles. The minimum Gasteiger partial charge on any atom is -0.390 e. The van der Waals surface area contributed by atoms with Crippen LogP contribution in [0.5, 0.6) is 0 Å². The highest BCUT2D eigenvalue weighted by Crippen LogP contribution is 2.23. The summed E-state index contributed by atoms with van der Waals surface area (Å²) < 4.78 is 2.08. The van der Waals surface area contributed by atoms with E-state index >= 15 is 0 Å². The van der Waals surface area contributed by atoms with E-state index in [1.165, 1.54) is 0 Å². The second-order valence-corrected chi connectivity index (χ2v) is 6.30. The predicted molar refractivity (Wildman–Crippen MR) is 91.8 cm³/mol. The maximum Gasteiger partial charge on any atom is 0.139 e. The monoisotopic (exact) mass is 307 g/mol. The van der Waals surface area contributed by atoms with Gasteiger partial charge in [0.15, 0.2) is 0 Å². The van der Waals surface area contributed by atoms with Crippen LogP contribution in [-0.4, -0.2) is 25.2 Å². The van der Waals surface area contributed by atoms with E-state index in [0.29, 0.717) is 6.42 Å². The summed E-state index contributed by atoms with van der Waals surface area (Å²) in [5.41, 5.74) is 2.43. The maximum absolute atomic E-state index is 9.90. The lowest BCUT2D eigenvalue weighted by Gasteiger charge is -2.18. The fraction of sp³-hybridized carbons (Fsp3) is 0.263. The zero-order valence-corrected chi connectivity index (χ0v) is 13.5. The highest BCUT2D eigenvalue weighted by atomic mass is 16.3. The summed E-state index contributed by atoms with van der Waals surface area (Å²) in [4.78, 5) is 8.82. The van der Waals surface area contributed by atoms with Crippen molar-refractivity contribution in [2.24, 2.45) is 0 Å². The van der Waals surface area contributed by atoms with Crippen molar-refractivity contribution < 1.29 is 5.11 Å². The topological polar surface area (TPSA) is 50.9 Å². The van der Waals surface area contributed by atoms with Crippen molar-refractivity contribution in [3.8, 4) is 22.6 Å². The zero-order chi connectivity index (χ0) is 16.3. The van der Waals surface area contributed by atoms with Gasteiger partial charge in [-0.1, -0.05) is 30.3 Å². The molecule has 3 rings (SSSR count). The molecule has 0 radical (unpaired) electrons. The molecule has 3 aromatic rings. The van der Waals surface area contributed by atoms with Crippen LogP contribution >= 0.6 is 0 Å². The molecular formula is C19H21N3O. The molecule has 0 unspecified atom stereocenters. The van der Waals surface area contributed by atoms with E-state index in [1.54, 1.807) is 12.4 Å². The number of pyridine rings is 1. The first-order valence-electron chi connectivity index (χ1n) is 7.78. The minimum absolute atomic E-state index is 0.676. The Balaban J connectivity index is 1.82. The Hall–Kier alpha value is -2.46. The lowest BCUT2D eigenvalue weighted by atomic mass is 10.1. The number of benzene rings is 1. The highest BCUT2D eigenvalue weighted by molar-refractivity contribution is 5.65. The molecule has 0 saturated heterocycles. The molecule has 118 valence electrons. The van der Waals surface area contributed by atoms with Crippen molar-refractivity contribution in [3.05, 3.63) is 61.1 Å². The third kappa shape index (κ3) is 3.85. The summed E-state index contributed by atoms with van der Waals surface area (Å²) in [6, 6.07) is 14.1. The lowest BCUT2D eigenvalue weighted by molar-refractivity contribution is 0.0663. The summed E-state index contributed by atoms with van der Waals surface area (Å²) >= 11 is 0. The standard InChI is InChI=1S/C19H21N3O/c1-19(2,23)10-13-22-14-12-21-18(22)16-8-6-15(7-9-16)17-5-3-4-11-20-17/h3-9,11-12,14,23H,10,13H2,1-2H3. The van der Waals surface area contributed by atoms with Crippen molar-refractivity contribution in [1.82, 2.24) is 14.5 Å². The maximum atomic E-state index is 9.90. The number of imidazole rings is 1. The summed E-state index contributed by atoms with van der Waals surface area (Å²) in [7, 11) is 0. The van der Waals surface area contributed by atoms with Crippen LogP contribution in [0.4, 0.5) is 0 Å². The first-order valence-corrected chi connectivity index (χ1v) is 7.78. The summed E-state index contributed by atoms with van der Waals surface area (Å²) in [5.74, 6) is 0.918. The van der Waals surface area contributed by atoms with E-state index in [4.69, 9.17) is 0 Å². The Morgan fingerprint density at radius 3 is 2.35 bits per heavy atom. The fourth-order valence-corrected chi connectivity index (χ4v) is 2.47. The quantitative estimate of drug-likeness (QED) is 0.780. The van der Waals surface area contributed by atoms with Crippen LogP contribution in [0, 0.1) is 0 Å². The Kier molecular flexibility index (Phi) is 4.26. The Labute approximate surface area is 136 Å². The number of rotatable bonds is 5. The predicted octanol–water partition coefficient (Wildman–Crippen LogP) is 3.77. The van der Waals surface area contributed by atoms with E-state index in [0.717, 1.165) is 29.2 Å². The minimum atomic E-state index is -0.676. The molecular weight excluding hydrogens is 286 g/mol. The molecule has 0 fully saturated rings. The highest BCUT2D eigenvalue weighted by Gasteiger charge is 2.14. The van der Waals surface area contributed by atoms with Gasteiger partial charge in [-0.3, -0.25) is 4.98 Å². The second-order valence-electron chi connectivity index (χ2n) is 6.30. The Morgan fingerprint density at radius 1 is 0.957 bits per heavy atom. The van der Waals surface area contributed by atoms with Crippen LogP contribution in [0.1, 0.15) is 20.3 Å². The van der Waals surface area contributed by atoms with Gasteiger partial charge in [0.25, 0.3) is 0 Å². The van der Waals surface area contributed by atoms with E-state index in [1.807, 2.05) is 38.2 Å². The average molecular weight is 307 g/mol. The smallest absolute Gasteiger partial charge is 0.139 e. The molecule has 0 aliphatic heterocycles. The van der Waals surface area contributed by atoms with Crippen LogP contribution in [0.25, 0.3) is 22.6 Å². The molecule has 1 aromatic carbocycles. The summed E-state index contributed by atoms with van der Waals surface area (Å²) in [6.07, 6.45) is 6.23. The third-order valence-corrected chi connectivity index (χ3v) is 3.78. The number of aryl methyl sites for hydroxylation is 1.